The minimum absolute atomic E-state index is 0.0330. The van der Waals surface area contributed by atoms with E-state index in [0.717, 1.165) is 0 Å². The summed E-state index contributed by atoms with van der Waals surface area (Å²) in [5.41, 5.74) is 0.219. The van der Waals surface area contributed by atoms with Gasteiger partial charge in [-0.2, -0.15) is 0 Å². The van der Waals surface area contributed by atoms with Crippen LogP contribution in [0.5, 0.6) is 0 Å². The monoisotopic (exact) mass is 158 g/mol. The van der Waals surface area contributed by atoms with Crippen LogP contribution < -0.4 is 0 Å². The Morgan fingerprint density at radius 3 is 2.80 bits per heavy atom. The van der Waals surface area contributed by atoms with Gasteiger partial charge in [0.05, 0.1) is 5.88 Å². The molecule has 0 aliphatic carbocycles. The highest BCUT2D eigenvalue weighted by Crippen LogP contribution is 1.96. The average Bonchev–Trinajstić information content (AvgIpc) is 1.98. The van der Waals surface area contributed by atoms with Crippen molar-refractivity contribution in [1.82, 2.24) is 0 Å². The summed E-state index contributed by atoms with van der Waals surface area (Å²) in [4.78, 5) is 10.6. The first-order valence-electron chi connectivity index (χ1n) is 2.56. The molecule has 0 heterocycles. The van der Waals surface area contributed by atoms with Crippen molar-refractivity contribution < 1.29 is 9.53 Å². The standard InChI is InChI=1S/C7H7ClO2/c1-3-4-10-7(9)6(2)5-8/h1H,2,4-5H2. The molecule has 54 valence electrons. The number of rotatable bonds is 3. The van der Waals surface area contributed by atoms with Crippen molar-refractivity contribution in [1.29, 1.82) is 0 Å². The number of alkyl halides is 1. The van der Waals surface area contributed by atoms with Crippen molar-refractivity contribution >= 4 is 17.6 Å². The molecule has 0 N–H and O–H groups in total. The maximum atomic E-state index is 10.6. The van der Waals surface area contributed by atoms with Gasteiger partial charge in [0.2, 0.25) is 0 Å². The van der Waals surface area contributed by atoms with Crippen molar-refractivity contribution in [2.45, 2.75) is 0 Å². The number of halogens is 1. The van der Waals surface area contributed by atoms with Gasteiger partial charge in [-0.1, -0.05) is 12.5 Å². The van der Waals surface area contributed by atoms with Crippen LogP contribution in [0.2, 0.25) is 0 Å². The molecule has 10 heavy (non-hydrogen) atoms. The van der Waals surface area contributed by atoms with Crippen molar-refractivity contribution in [3.63, 3.8) is 0 Å². The van der Waals surface area contributed by atoms with E-state index in [1.807, 2.05) is 0 Å². The summed E-state index contributed by atoms with van der Waals surface area (Å²) in [6.07, 6.45) is 4.83. The Kier molecular flexibility index (Phi) is 4.43. The number of carbonyl (C=O) groups is 1. The maximum absolute atomic E-state index is 10.6. The fourth-order valence-corrected chi connectivity index (χ4v) is 0.373. The molecule has 0 aromatic heterocycles. The van der Waals surface area contributed by atoms with E-state index in [9.17, 15) is 4.79 Å². The maximum Gasteiger partial charge on any atom is 0.335 e. The zero-order chi connectivity index (χ0) is 7.98. The predicted molar refractivity (Wildman–Crippen MR) is 39.7 cm³/mol. The Bertz CT molecular complexity index is 179. The number of hydrogen-bond donors (Lipinski definition) is 0. The van der Waals surface area contributed by atoms with Gasteiger partial charge in [-0.3, -0.25) is 0 Å². The fraction of sp³-hybridized carbons (Fsp3) is 0.286. The fourth-order valence-electron chi connectivity index (χ4n) is 0.264. The molecule has 0 aliphatic rings. The lowest BCUT2D eigenvalue weighted by Crippen LogP contribution is -2.07. The third-order valence-corrected chi connectivity index (χ3v) is 1.06. The van der Waals surface area contributed by atoms with Gasteiger partial charge in [0.1, 0.15) is 0 Å². The van der Waals surface area contributed by atoms with E-state index in [1.165, 1.54) is 0 Å². The van der Waals surface area contributed by atoms with Gasteiger partial charge in [-0.15, -0.1) is 18.0 Å². The largest absolute Gasteiger partial charge is 0.449 e. The molecule has 0 aromatic rings. The molecule has 0 amide bonds. The van der Waals surface area contributed by atoms with Gasteiger partial charge in [-0.25, -0.2) is 4.79 Å². The molecule has 0 unspecified atom stereocenters. The van der Waals surface area contributed by atoms with E-state index in [-0.39, 0.29) is 18.1 Å². The first-order valence-corrected chi connectivity index (χ1v) is 3.10. The van der Waals surface area contributed by atoms with Gasteiger partial charge < -0.3 is 4.74 Å². The first kappa shape index (κ1) is 9.06. The highest BCUT2D eigenvalue weighted by atomic mass is 35.5. The summed E-state index contributed by atoms with van der Waals surface area (Å²) in [5.74, 6) is 1.69. The second-order valence-corrected chi connectivity index (χ2v) is 1.78. The molecule has 3 heteroatoms. The molecule has 0 saturated carbocycles. The summed E-state index contributed by atoms with van der Waals surface area (Å²) >= 11 is 5.27. The van der Waals surface area contributed by atoms with Crippen LogP contribution in [-0.4, -0.2) is 18.5 Å². The van der Waals surface area contributed by atoms with Crippen molar-refractivity contribution in [2.75, 3.05) is 12.5 Å². The van der Waals surface area contributed by atoms with Crippen molar-refractivity contribution in [3.05, 3.63) is 12.2 Å². The van der Waals surface area contributed by atoms with Crippen molar-refractivity contribution in [2.24, 2.45) is 0 Å². The molecule has 0 radical (unpaired) electrons. The Morgan fingerprint density at radius 2 is 2.40 bits per heavy atom. The molecule has 2 nitrogen and oxygen atoms in total. The second kappa shape index (κ2) is 4.89. The van der Waals surface area contributed by atoms with E-state index in [4.69, 9.17) is 18.0 Å². The molecular weight excluding hydrogens is 152 g/mol. The van der Waals surface area contributed by atoms with Crippen LogP contribution in [0.1, 0.15) is 0 Å². The van der Waals surface area contributed by atoms with E-state index >= 15 is 0 Å². The summed E-state index contributed by atoms with van der Waals surface area (Å²) in [7, 11) is 0. The van der Waals surface area contributed by atoms with Gasteiger partial charge in [-0.05, 0) is 0 Å². The van der Waals surface area contributed by atoms with Crippen LogP contribution in [0.25, 0.3) is 0 Å². The number of ether oxygens (including phenoxy) is 1. The van der Waals surface area contributed by atoms with Crippen molar-refractivity contribution in [3.8, 4) is 12.3 Å². The highest BCUT2D eigenvalue weighted by Gasteiger charge is 2.04. The normalized spacial score (nSPS) is 8.00. The molecule has 0 rings (SSSR count). The minimum Gasteiger partial charge on any atom is -0.449 e. The Hall–Kier alpha value is -0.940. The molecule has 0 aliphatic heterocycles. The summed E-state index contributed by atoms with van der Waals surface area (Å²) in [6, 6.07) is 0. The SMILES string of the molecule is C#CCOC(=O)C(=C)CCl. The summed E-state index contributed by atoms with van der Waals surface area (Å²) in [5, 5.41) is 0. The van der Waals surface area contributed by atoms with E-state index < -0.39 is 5.97 Å². The van der Waals surface area contributed by atoms with Gasteiger partial charge in [0.15, 0.2) is 6.61 Å². The van der Waals surface area contributed by atoms with Gasteiger partial charge in [0, 0.05) is 5.57 Å². The minimum atomic E-state index is -0.534. The second-order valence-electron chi connectivity index (χ2n) is 1.52. The zero-order valence-electron chi connectivity index (χ0n) is 5.39. The van der Waals surface area contributed by atoms with Gasteiger partial charge in [0.25, 0.3) is 0 Å². The molecule has 0 atom stereocenters. The summed E-state index contributed by atoms with van der Waals surface area (Å²) in [6.45, 7) is 3.32. The first-order chi connectivity index (χ1) is 4.72. The number of esters is 1. The topological polar surface area (TPSA) is 26.3 Å². The van der Waals surface area contributed by atoms with E-state index in [1.54, 1.807) is 0 Å². The molecule has 0 spiro atoms. The zero-order valence-corrected chi connectivity index (χ0v) is 6.15. The smallest absolute Gasteiger partial charge is 0.335 e. The average molecular weight is 159 g/mol. The van der Waals surface area contributed by atoms with Crippen LogP contribution in [0.15, 0.2) is 12.2 Å². The number of hydrogen-bond acceptors (Lipinski definition) is 2. The third kappa shape index (κ3) is 3.16. The Morgan fingerprint density at radius 1 is 1.80 bits per heavy atom. The van der Waals surface area contributed by atoms with E-state index in [2.05, 4.69) is 17.2 Å². The number of carbonyl (C=O) groups excluding carboxylic acids is 1. The van der Waals surface area contributed by atoms with E-state index in [0.29, 0.717) is 0 Å². The summed E-state index contributed by atoms with van der Waals surface area (Å²) < 4.78 is 4.48. The lowest BCUT2D eigenvalue weighted by Gasteiger charge is -1.98. The van der Waals surface area contributed by atoms with Crippen LogP contribution in [0.4, 0.5) is 0 Å². The predicted octanol–water partition coefficient (Wildman–Crippen LogP) is 0.958. The molecule has 0 saturated heterocycles. The lowest BCUT2D eigenvalue weighted by atomic mass is 10.4. The Balaban J connectivity index is 3.65. The Labute approximate surface area is 64.8 Å². The highest BCUT2D eigenvalue weighted by molar-refractivity contribution is 6.22. The molecular formula is C7H7ClO2. The number of terminal acetylenes is 1. The van der Waals surface area contributed by atoms with Crippen LogP contribution in [-0.2, 0) is 9.53 Å². The molecule has 0 aromatic carbocycles. The molecule has 0 fully saturated rings. The van der Waals surface area contributed by atoms with Crippen LogP contribution in [0, 0.1) is 12.3 Å². The third-order valence-electron chi connectivity index (χ3n) is 0.737. The quantitative estimate of drug-likeness (QED) is 0.265. The van der Waals surface area contributed by atoms with Crippen LogP contribution >= 0.6 is 11.6 Å². The van der Waals surface area contributed by atoms with Gasteiger partial charge >= 0.3 is 5.97 Å². The molecule has 0 bridgehead atoms. The lowest BCUT2D eigenvalue weighted by molar-refractivity contribution is -0.137. The van der Waals surface area contributed by atoms with Crippen LogP contribution in [0.3, 0.4) is 0 Å².